The van der Waals surface area contributed by atoms with Crippen LogP contribution in [0.25, 0.3) is 0 Å². The second-order valence-corrected chi connectivity index (χ2v) is 5.18. The van der Waals surface area contributed by atoms with Gasteiger partial charge >= 0.3 is 0 Å². The Balaban J connectivity index is 1.68. The maximum atomic E-state index is 5.87. The highest BCUT2D eigenvalue weighted by Gasteiger charge is 1.96. The molecule has 0 atom stereocenters. The Morgan fingerprint density at radius 2 is 1.86 bits per heavy atom. The number of nitrogens with one attached hydrogen (secondary N) is 1. The van der Waals surface area contributed by atoms with Crippen molar-refractivity contribution >= 4 is 5.96 Å². The van der Waals surface area contributed by atoms with Crippen LogP contribution >= 0.6 is 0 Å². The number of rotatable bonds is 7. The first-order valence-electron chi connectivity index (χ1n) is 7.79. The molecule has 0 amide bonds. The van der Waals surface area contributed by atoms with Crippen molar-refractivity contribution in [3.63, 3.8) is 0 Å². The smallest absolute Gasteiger partial charge is 0.188 e. The number of aromatic nitrogens is 1. The summed E-state index contributed by atoms with van der Waals surface area (Å²) in [5, 5.41) is 3.15. The van der Waals surface area contributed by atoms with Gasteiger partial charge in [0.2, 0.25) is 0 Å². The van der Waals surface area contributed by atoms with Gasteiger partial charge in [-0.15, -0.1) is 0 Å². The predicted molar refractivity (Wildman–Crippen MR) is 92.0 cm³/mol. The Hall–Kier alpha value is -2.36. The van der Waals surface area contributed by atoms with Crippen molar-refractivity contribution in [1.29, 1.82) is 0 Å². The van der Waals surface area contributed by atoms with Crippen LogP contribution in [0.2, 0.25) is 0 Å². The minimum atomic E-state index is 0.501. The number of hydrogen-bond acceptors (Lipinski definition) is 2. The van der Waals surface area contributed by atoms with Gasteiger partial charge in [-0.3, -0.25) is 9.98 Å². The van der Waals surface area contributed by atoms with Gasteiger partial charge < -0.3 is 11.1 Å². The summed E-state index contributed by atoms with van der Waals surface area (Å²) in [6, 6.07) is 14.6. The molecular weight excluding hydrogens is 272 g/mol. The van der Waals surface area contributed by atoms with Crippen molar-refractivity contribution < 1.29 is 0 Å². The highest BCUT2D eigenvalue weighted by molar-refractivity contribution is 5.77. The van der Waals surface area contributed by atoms with Crippen molar-refractivity contribution in [1.82, 2.24) is 10.3 Å². The summed E-state index contributed by atoms with van der Waals surface area (Å²) >= 11 is 0. The first-order chi connectivity index (χ1) is 10.8. The highest BCUT2D eigenvalue weighted by atomic mass is 15.1. The molecule has 0 unspecified atom stereocenters. The van der Waals surface area contributed by atoms with Gasteiger partial charge in [-0.1, -0.05) is 37.3 Å². The van der Waals surface area contributed by atoms with Crippen molar-refractivity contribution in [3.8, 4) is 0 Å². The summed E-state index contributed by atoms with van der Waals surface area (Å²) in [5.41, 5.74) is 9.58. The quantitative estimate of drug-likeness (QED) is 0.609. The second-order valence-electron chi connectivity index (χ2n) is 5.18. The summed E-state index contributed by atoms with van der Waals surface area (Å²) in [6.45, 7) is 3.62. The van der Waals surface area contributed by atoms with Gasteiger partial charge in [0.1, 0.15) is 0 Å². The van der Waals surface area contributed by atoms with Crippen LogP contribution in [0.15, 0.2) is 53.7 Å². The lowest BCUT2D eigenvalue weighted by Gasteiger charge is -2.06. The third-order valence-corrected chi connectivity index (χ3v) is 3.53. The fraction of sp³-hybridized carbons (Fsp3) is 0.333. The van der Waals surface area contributed by atoms with Gasteiger partial charge in [0.25, 0.3) is 0 Å². The Morgan fingerprint density at radius 1 is 1.09 bits per heavy atom. The standard InChI is InChI=1S/C18H24N4/c1-2-15-6-8-16(9-7-15)10-13-21-18(19)22-14-11-17-5-3-4-12-20-17/h3-9,12H,2,10-11,13-14H2,1H3,(H3,19,21,22). The van der Waals surface area contributed by atoms with Crippen LogP contribution in [0.1, 0.15) is 23.7 Å². The topological polar surface area (TPSA) is 63.3 Å². The van der Waals surface area contributed by atoms with Crippen LogP contribution < -0.4 is 11.1 Å². The molecule has 116 valence electrons. The number of aryl methyl sites for hydroxylation is 1. The zero-order valence-corrected chi connectivity index (χ0v) is 13.1. The average Bonchev–Trinajstić information content (AvgIpc) is 2.56. The van der Waals surface area contributed by atoms with Gasteiger partial charge in [-0.25, -0.2) is 0 Å². The molecule has 4 nitrogen and oxygen atoms in total. The normalized spacial score (nSPS) is 11.4. The first kappa shape index (κ1) is 16.0. The van der Waals surface area contributed by atoms with E-state index in [1.54, 1.807) is 6.20 Å². The fourth-order valence-corrected chi connectivity index (χ4v) is 2.17. The molecule has 0 radical (unpaired) electrons. The Labute approximate surface area is 132 Å². The summed E-state index contributed by atoms with van der Waals surface area (Å²) in [5.74, 6) is 0.501. The van der Waals surface area contributed by atoms with Gasteiger partial charge in [-0.05, 0) is 36.1 Å². The molecule has 1 aromatic heterocycles. The lowest BCUT2D eigenvalue weighted by Crippen LogP contribution is -2.33. The van der Waals surface area contributed by atoms with E-state index in [-0.39, 0.29) is 0 Å². The van der Waals surface area contributed by atoms with E-state index in [0.717, 1.165) is 31.5 Å². The third-order valence-electron chi connectivity index (χ3n) is 3.53. The first-order valence-corrected chi connectivity index (χ1v) is 7.79. The SMILES string of the molecule is CCc1ccc(CCNC(N)=NCCc2ccccn2)cc1. The van der Waals surface area contributed by atoms with E-state index >= 15 is 0 Å². The highest BCUT2D eigenvalue weighted by Crippen LogP contribution is 2.05. The summed E-state index contributed by atoms with van der Waals surface area (Å²) in [6.07, 6.45) is 4.63. The lowest BCUT2D eigenvalue weighted by atomic mass is 10.1. The molecular formula is C18H24N4. The molecule has 1 heterocycles. The van der Waals surface area contributed by atoms with Crippen molar-refractivity contribution in [2.75, 3.05) is 13.1 Å². The molecule has 2 rings (SSSR count). The van der Waals surface area contributed by atoms with Crippen molar-refractivity contribution in [3.05, 3.63) is 65.5 Å². The van der Waals surface area contributed by atoms with Gasteiger partial charge in [0.15, 0.2) is 5.96 Å². The largest absolute Gasteiger partial charge is 0.370 e. The maximum absolute atomic E-state index is 5.87. The molecule has 22 heavy (non-hydrogen) atoms. The Morgan fingerprint density at radius 3 is 2.55 bits per heavy atom. The number of nitrogens with two attached hydrogens (primary N) is 1. The second kappa shape index (κ2) is 8.82. The minimum absolute atomic E-state index is 0.501. The third kappa shape index (κ3) is 5.56. The summed E-state index contributed by atoms with van der Waals surface area (Å²) in [4.78, 5) is 8.58. The molecule has 1 aromatic carbocycles. The lowest BCUT2D eigenvalue weighted by molar-refractivity contribution is 0.839. The van der Waals surface area contributed by atoms with Crippen LogP contribution in [0.4, 0.5) is 0 Å². The van der Waals surface area contributed by atoms with Gasteiger partial charge in [-0.2, -0.15) is 0 Å². The molecule has 2 aromatic rings. The van der Waals surface area contributed by atoms with Gasteiger partial charge in [0, 0.05) is 31.4 Å². The van der Waals surface area contributed by atoms with Crippen LogP contribution in [0, 0.1) is 0 Å². The number of guanidine groups is 1. The van der Waals surface area contributed by atoms with Crippen molar-refractivity contribution in [2.24, 2.45) is 10.7 Å². The number of hydrogen-bond donors (Lipinski definition) is 2. The summed E-state index contributed by atoms with van der Waals surface area (Å²) in [7, 11) is 0. The Bertz CT molecular complexity index is 576. The number of aliphatic imine (C=N–C) groups is 1. The van der Waals surface area contributed by atoms with E-state index in [0.29, 0.717) is 12.5 Å². The van der Waals surface area contributed by atoms with E-state index in [4.69, 9.17) is 5.73 Å². The molecule has 0 aliphatic carbocycles. The zero-order valence-electron chi connectivity index (χ0n) is 13.1. The number of benzene rings is 1. The maximum Gasteiger partial charge on any atom is 0.188 e. The molecule has 0 saturated heterocycles. The molecule has 0 aliphatic rings. The fourth-order valence-electron chi connectivity index (χ4n) is 2.17. The van der Waals surface area contributed by atoms with E-state index in [1.165, 1.54) is 11.1 Å². The predicted octanol–water partition coefficient (Wildman–Crippen LogP) is 2.33. The summed E-state index contributed by atoms with van der Waals surface area (Å²) < 4.78 is 0. The van der Waals surface area contributed by atoms with E-state index in [9.17, 15) is 0 Å². The minimum Gasteiger partial charge on any atom is -0.370 e. The van der Waals surface area contributed by atoms with Crippen LogP contribution in [0.5, 0.6) is 0 Å². The van der Waals surface area contributed by atoms with Crippen LogP contribution in [-0.4, -0.2) is 24.0 Å². The number of pyridine rings is 1. The molecule has 0 spiro atoms. The molecule has 4 heteroatoms. The zero-order chi connectivity index (χ0) is 15.6. The Kier molecular flexibility index (Phi) is 6.42. The number of nitrogens with zero attached hydrogens (tertiary/aromatic N) is 2. The average molecular weight is 296 g/mol. The van der Waals surface area contributed by atoms with E-state index in [1.807, 2.05) is 18.2 Å². The van der Waals surface area contributed by atoms with Crippen molar-refractivity contribution in [2.45, 2.75) is 26.2 Å². The molecule has 0 aliphatic heterocycles. The monoisotopic (exact) mass is 296 g/mol. The molecule has 3 N–H and O–H groups in total. The molecule has 0 bridgehead atoms. The molecule has 0 fully saturated rings. The van der Waals surface area contributed by atoms with E-state index in [2.05, 4.69) is 46.5 Å². The van der Waals surface area contributed by atoms with Gasteiger partial charge in [0.05, 0.1) is 0 Å². The van der Waals surface area contributed by atoms with Crippen LogP contribution in [0.3, 0.4) is 0 Å². The van der Waals surface area contributed by atoms with Crippen LogP contribution in [-0.2, 0) is 19.3 Å². The van der Waals surface area contributed by atoms with E-state index < -0.39 is 0 Å². The molecule has 0 saturated carbocycles.